The molecule has 0 bridgehead atoms. The molecule has 0 atom stereocenters. The average molecular weight is 321 g/mol. The number of carboxylic acid groups (broad SMARTS) is 1. The van der Waals surface area contributed by atoms with Gasteiger partial charge >= 0.3 is 5.97 Å². The molecule has 4 rings (SSSR count). The highest BCUT2D eigenvalue weighted by Crippen LogP contribution is 2.44. The molecule has 0 saturated heterocycles. The molecule has 3 aromatic rings. The van der Waals surface area contributed by atoms with Crippen LogP contribution in [0.25, 0.3) is 16.7 Å². The fourth-order valence-corrected chi connectivity index (χ4v) is 3.34. The van der Waals surface area contributed by atoms with Gasteiger partial charge in [-0.3, -0.25) is 4.79 Å². The number of aromatic nitrogens is 3. The first kappa shape index (κ1) is 14.9. The molecule has 5 heteroatoms. The highest BCUT2D eigenvalue weighted by atomic mass is 16.4. The van der Waals surface area contributed by atoms with E-state index in [0.29, 0.717) is 5.92 Å². The Kier molecular flexibility index (Phi) is 3.37. The molecule has 1 saturated carbocycles. The Morgan fingerprint density at radius 3 is 2.58 bits per heavy atom. The fourth-order valence-electron chi connectivity index (χ4n) is 3.34. The lowest BCUT2D eigenvalue weighted by Gasteiger charge is -2.10. The maximum atomic E-state index is 11.2. The Labute approximate surface area is 140 Å². The summed E-state index contributed by atoms with van der Waals surface area (Å²) in [6.07, 6.45) is 2.28. The number of aliphatic carboxylic acids is 1. The normalized spacial score (nSPS) is 14.2. The van der Waals surface area contributed by atoms with Crippen LogP contribution in [-0.2, 0) is 11.2 Å². The van der Waals surface area contributed by atoms with E-state index in [1.54, 1.807) is 0 Å². The van der Waals surface area contributed by atoms with Crippen molar-refractivity contribution < 1.29 is 9.90 Å². The molecule has 24 heavy (non-hydrogen) atoms. The Bertz CT molecular complexity index is 940. The highest BCUT2D eigenvalue weighted by molar-refractivity contribution is 5.87. The summed E-state index contributed by atoms with van der Waals surface area (Å²) in [6.45, 7) is 3.88. The third-order valence-electron chi connectivity index (χ3n) is 4.72. The van der Waals surface area contributed by atoms with Gasteiger partial charge in [0.15, 0.2) is 5.65 Å². The van der Waals surface area contributed by atoms with Crippen LogP contribution in [0.2, 0.25) is 0 Å². The predicted octanol–water partition coefficient (Wildman–Crippen LogP) is 3.54. The molecule has 1 aromatic carbocycles. The highest BCUT2D eigenvalue weighted by Gasteiger charge is 2.31. The molecule has 122 valence electrons. The van der Waals surface area contributed by atoms with Crippen molar-refractivity contribution in [3.63, 3.8) is 0 Å². The minimum Gasteiger partial charge on any atom is -0.481 e. The van der Waals surface area contributed by atoms with Crippen molar-refractivity contribution in [2.24, 2.45) is 0 Å². The third kappa shape index (κ3) is 2.37. The molecule has 0 unspecified atom stereocenters. The van der Waals surface area contributed by atoms with Gasteiger partial charge in [0.25, 0.3) is 0 Å². The van der Waals surface area contributed by atoms with Crippen molar-refractivity contribution >= 4 is 17.0 Å². The Hall–Kier alpha value is -2.69. The van der Waals surface area contributed by atoms with Gasteiger partial charge < -0.3 is 5.11 Å². The van der Waals surface area contributed by atoms with Crippen molar-refractivity contribution in [2.75, 3.05) is 0 Å². The van der Waals surface area contributed by atoms with Crippen LogP contribution in [0.1, 0.15) is 41.3 Å². The number of hydrogen-bond donors (Lipinski definition) is 1. The number of para-hydroxylation sites is 1. The number of hydrogen-bond acceptors (Lipinski definition) is 3. The summed E-state index contributed by atoms with van der Waals surface area (Å²) < 4.78 is 1.90. The minimum absolute atomic E-state index is 0.00122. The van der Waals surface area contributed by atoms with Crippen LogP contribution >= 0.6 is 0 Å². The predicted molar refractivity (Wildman–Crippen MR) is 91.7 cm³/mol. The molecule has 1 aliphatic carbocycles. The molecule has 2 heterocycles. The van der Waals surface area contributed by atoms with Gasteiger partial charge in [0, 0.05) is 17.0 Å². The minimum atomic E-state index is -0.828. The first-order chi connectivity index (χ1) is 11.6. The van der Waals surface area contributed by atoms with E-state index in [0.717, 1.165) is 52.1 Å². The summed E-state index contributed by atoms with van der Waals surface area (Å²) in [7, 11) is 0. The van der Waals surface area contributed by atoms with Gasteiger partial charge in [-0.15, -0.1) is 0 Å². The maximum Gasteiger partial charge on any atom is 0.307 e. The van der Waals surface area contributed by atoms with Crippen molar-refractivity contribution in [1.29, 1.82) is 0 Å². The number of carbonyl (C=O) groups is 1. The zero-order valence-corrected chi connectivity index (χ0v) is 13.8. The van der Waals surface area contributed by atoms with E-state index >= 15 is 0 Å². The van der Waals surface area contributed by atoms with Gasteiger partial charge in [-0.2, -0.15) is 5.10 Å². The van der Waals surface area contributed by atoms with Crippen LogP contribution in [0.3, 0.4) is 0 Å². The largest absolute Gasteiger partial charge is 0.481 e. The monoisotopic (exact) mass is 321 g/mol. The van der Waals surface area contributed by atoms with Crippen LogP contribution in [0.15, 0.2) is 30.3 Å². The zero-order chi connectivity index (χ0) is 16.8. The number of benzene rings is 1. The van der Waals surface area contributed by atoms with Crippen molar-refractivity contribution in [2.45, 2.75) is 39.0 Å². The van der Waals surface area contributed by atoms with Gasteiger partial charge in [-0.25, -0.2) is 9.67 Å². The number of fused-ring (bicyclic) bond motifs is 1. The first-order valence-electron chi connectivity index (χ1n) is 8.22. The Morgan fingerprint density at radius 2 is 1.96 bits per heavy atom. The summed E-state index contributed by atoms with van der Waals surface area (Å²) in [5.74, 6) is -0.357. The summed E-state index contributed by atoms with van der Waals surface area (Å²) in [5.41, 5.74) is 5.44. The molecule has 0 aliphatic heterocycles. The van der Waals surface area contributed by atoms with Crippen LogP contribution in [0.5, 0.6) is 0 Å². The Morgan fingerprint density at radius 1 is 1.25 bits per heavy atom. The van der Waals surface area contributed by atoms with Crippen LogP contribution in [-0.4, -0.2) is 25.8 Å². The maximum absolute atomic E-state index is 11.2. The molecule has 0 amide bonds. The number of nitrogens with zero attached hydrogens (tertiary/aromatic N) is 3. The van der Waals surface area contributed by atoms with E-state index in [1.165, 1.54) is 0 Å². The molecule has 0 spiro atoms. The quantitative estimate of drug-likeness (QED) is 0.798. The zero-order valence-electron chi connectivity index (χ0n) is 13.8. The molecule has 1 fully saturated rings. The van der Waals surface area contributed by atoms with E-state index in [1.807, 2.05) is 48.9 Å². The lowest BCUT2D eigenvalue weighted by Crippen LogP contribution is -2.07. The molecular formula is C19H19N3O2. The van der Waals surface area contributed by atoms with Gasteiger partial charge in [0.2, 0.25) is 0 Å². The summed E-state index contributed by atoms with van der Waals surface area (Å²) >= 11 is 0. The number of aryl methyl sites for hydroxylation is 2. The number of rotatable bonds is 4. The van der Waals surface area contributed by atoms with Crippen LogP contribution < -0.4 is 0 Å². The van der Waals surface area contributed by atoms with E-state index in [9.17, 15) is 9.90 Å². The van der Waals surface area contributed by atoms with Crippen molar-refractivity contribution in [3.8, 4) is 5.69 Å². The third-order valence-corrected chi connectivity index (χ3v) is 4.72. The lowest BCUT2D eigenvalue weighted by molar-refractivity contribution is -0.136. The number of carboxylic acids is 1. The Balaban J connectivity index is 2.02. The SMILES string of the molecule is Cc1nc2c(c(C3CC3)nn2-c2ccccc2)c(C)c1CC(=O)O. The molecule has 5 nitrogen and oxygen atoms in total. The lowest BCUT2D eigenvalue weighted by atomic mass is 9.99. The van der Waals surface area contributed by atoms with Crippen molar-refractivity contribution in [1.82, 2.24) is 14.8 Å². The topological polar surface area (TPSA) is 68.0 Å². The smallest absolute Gasteiger partial charge is 0.307 e. The van der Waals surface area contributed by atoms with Gasteiger partial charge in [-0.05, 0) is 49.9 Å². The van der Waals surface area contributed by atoms with E-state index in [-0.39, 0.29) is 6.42 Å². The first-order valence-corrected chi connectivity index (χ1v) is 8.22. The molecule has 1 N–H and O–H groups in total. The standard InChI is InChI=1S/C19H19N3O2/c1-11-15(10-16(23)24)12(2)20-19-17(11)18(13-8-9-13)21-22(19)14-6-4-3-5-7-14/h3-7,13H,8-10H2,1-2H3,(H,23,24). The van der Waals surface area contributed by atoms with E-state index in [2.05, 4.69) is 0 Å². The molecular weight excluding hydrogens is 302 g/mol. The summed E-state index contributed by atoms with van der Waals surface area (Å²) in [5, 5.41) is 15.1. The second kappa shape index (κ2) is 5.44. The van der Waals surface area contributed by atoms with E-state index in [4.69, 9.17) is 10.1 Å². The summed E-state index contributed by atoms with van der Waals surface area (Å²) in [4.78, 5) is 16.0. The van der Waals surface area contributed by atoms with Gasteiger partial charge in [0.1, 0.15) is 0 Å². The van der Waals surface area contributed by atoms with E-state index < -0.39 is 5.97 Å². The van der Waals surface area contributed by atoms with Gasteiger partial charge in [0.05, 0.1) is 17.8 Å². The van der Waals surface area contributed by atoms with Crippen LogP contribution in [0, 0.1) is 13.8 Å². The molecule has 1 aliphatic rings. The summed E-state index contributed by atoms with van der Waals surface area (Å²) in [6, 6.07) is 9.98. The van der Waals surface area contributed by atoms with Crippen LogP contribution in [0.4, 0.5) is 0 Å². The molecule has 0 radical (unpaired) electrons. The fraction of sp³-hybridized carbons (Fsp3) is 0.316. The second-order valence-electron chi connectivity index (χ2n) is 6.48. The molecule has 2 aromatic heterocycles. The number of pyridine rings is 1. The van der Waals surface area contributed by atoms with Gasteiger partial charge in [-0.1, -0.05) is 18.2 Å². The second-order valence-corrected chi connectivity index (χ2v) is 6.48. The van der Waals surface area contributed by atoms with Crippen molar-refractivity contribution in [3.05, 3.63) is 52.8 Å². The average Bonchev–Trinajstić information content (AvgIpc) is 3.33.